The summed E-state index contributed by atoms with van der Waals surface area (Å²) < 4.78 is 6.59. The molecule has 1 fully saturated rings. The van der Waals surface area contributed by atoms with Crippen molar-refractivity contribution in [1.82, 2.24) is 9.97 Å². The van der Waals surface area contributed by atoms with Gasteiger partial charge in [0.1, 0.15) is 5.75 Å². The normalized spacial score (nSPS) is 15.1. The lowest BCUT2D eigenvalue weighted by Gasteiger charge is -2.36. The van der Waals surface area contributed by atoms with E-state index in [2.05, 4.69) is 40.2 Å². The fraction of sp³-hybridized carbons (Fsp3) is 0.333. The van der Waals surface area contributed by atoms with Crippen LogP contribution < -0.4 is 9.64 Å². The SMILES string of the molecule is COc1ccc2nc(CN(c3ccc4ncsc4c3)C3CCCCC3)ccc2c1. The van der Waals surface area contributed by atoms with Crippen LogP contribution in [0.2, 0.25) is 0 Å². The van der Waals surface area contributed by atoms with E-state index in [1.165, 1.54) is 42.5 Å². The summed E-state index contributed by atoms with van der Waals surface area (Å²) >= 11 is 1.71. The van der Waals surface area contributed by atoms with E-state index in [-0.39, 0.29) is 0 Å². The molecular weight excluding hydrogens is 378 g/mol. The van der Waals surface area contributed by atoms with Crippen molar-refractivity contribution in [3.05, 3.63) is 59.7 Å². The third-order valence-corrected chi connectivity index (χ3v) is 6.74. The van der Waals surface area contributed by atoms with Gasteiger partial charge in [0.15, 0.2) is 0 Å². The first kappa shape index (κ1) is 18.4. The molecule has 5 heteroatoms. The van der Waals surface area contributed by atoms with Gasteiger partial charge in [0.25, 0.3) is 0 Å². The average Bonchev–Trinajstić information content (AvgIpc) is 3.25. The first-order chi connectivity index (χ1) is 14.3. The Morgan fingerprint density at radius 3 is 2.72 bits per heavy atom. The van der Waals surface area contributed by atoms with Crippen molar-refractivity contribution in [3.8, 4) is 5.75 Å². The molecule has 0 bridgehead atoms. The molecule has 4 aromatic rings. The largest absolute Gasteiger partial charge is 0.497 e. The van der Waals surface area contributed by atoms with Gasteiger partial charge in [-0.25, -0.2) is 4.98 Å². The first-order valence-electron chi connectivity index (χ1n) is 10.3. The van der Waals surface area contributed by atoms with Crippen LogP contribution in [0.1, 0.15) is 37.8 Å². The molecule has 1 aliphatic rings. The van der Waals surface area contributed by atoms with Crippen LogP contribution in [-0.2, 0) is 6.54 Å². The predicted molar refractivity (Wildman–Crippen MR) is 121 cm³/mol. The summed E-state index contributed by atoms with van der Waals surface area (Å²) in [7, 11) is 1.70. The summed E-state index contributed by atoms with van der Waals surface area (Å²) in [5.41, 5.74) is 6.42. The van der Waals surface area contributed by atoms with Crippen LogP contribution in [0.15, 0.2) is 54.0 Å². The molecule has 2 aromatic carbocycles. The zero-order valence-corrected chi connectivity index (χ0v) is 17.5. The van der Waals surface area contributed by atoms with E-state index >= 15 is 0 Å². The van der Waals surface area contributed by atoms with Crippen LogP contribution in [0.25, 0.3) is 21.1 Å². The molecule has 148 valence electrons. The number of ether oxygens (including phenoxy) is 1. The van der Waals surface area contributed by atoms with Crippen LogP contribution in [0.3, 0.4) is 0 Å². The highest BCUT2D eigenvalue weighted by Gasteiger charge is 2.22. The lowest BCUT2D eigenvalue weighted by Crippen LogP contribution is -2.36. The molecule has 2 heterocycles. The number of thiazole rings is 1. The van der Waals surface area contributed by atoms with E-state index in [9.17, 15) is 0 Å². The number of methoxy groups -OCH3 is 1. The molecule has 2 aromatic heterocycles. The Kier molecular flexibility index (Phi) is 5.06. The summed E-state index contributed by atoms with van der Waals surface area (Å²) in [5, 5.41) is 1.11. The van der Waals surface area contributed by atoms with Crippen LogP contribution in [0.4, 0.5) is 5.69 Å². The molecule has 0 amide bonds. The van der Waals surface area contributed by atoms with Crippen LogP contribution in [0.5, 0.6) is 5.75 Å². The van der Waals surface area contributed by atoms with Crippen molar-refractivity contribution >= 4 is 38.1 Å². The summed E-state index contributed by atoms with van der Waals surface area (Å²) in [6.07, 6.45) is 6.50. The molecule has 0 unspecified atom stereocenters. The Morgan fingerprint density at radius 2 is 1.86 bits per heavy atom. The van der Waals surface area contributed by atoms with E-state index in [1.54, 1.807) is 18.4 Å². The van der Waals surface area contributed by atoms with Crippen molar-refractivity contribution < 1.29 is 4.74 Å². The number of pyridine rings is 1. The molecule has 0 saturated heterocycles. The Balaban J connectivity index is 1.49. The number of hydrogen-bond acceptors (Lipinski definition) is 5. The molecule has 0 aliphatic heterocycles. The summed E-state index contributed by atoms with van der Waals surface area (Å²) in [6, 6.07) is 17.6. The first-order valence-corrected chi connectivity index (χ1v) is 11.2. The fourth-order valence-corrected chi connectivity index (χ4v) is 5.09. The van der Waals surface area contributed by atoms with E-state index in [4.69, 9.17) is 9.72 Å². The topological polar surface area (TPSA) is 38.2 Å². The standard InChI is InChI=1S/C24H25N3OS/c1-28-21-10-12-22-17(13-21)7-8-18(26-22)15-27(19-5-3-2-4-6-19)20-9-11-23-24(14-20)29-16-25-23/h7-14,16,19H,2-6,15H2,1H3. The van der Waals surface area contributed by atoms with Gasteiger partial charge in [0, 0.05) is 17.1 Å². The van der Waals surface area contributed by atoms with Crippen molar-refractivity contribution in [2.75, 3.05) is 12.0 Å². The van der Waals surface area contributed by atoms with Crippen LogP contribution in [-0.4, -0.2) is 23.1 Å². The van der Waals surface area contributed by atoms with Crippen LogP contribution >= 0.6 is 11.3 Å². The molecular formula is C24H25N3OS. The van der Waals surface area contributed by atoms with E-state index < -0.39 is 0 Å². The van der Waals surface area contributed by atoms with Gasteiger partial charge in [-0.05, 0) is 55.3 Å². The molecule has 5 rings (SSSR count). The molecule has 0 N–H and O–H groups in total. The van der Waals surface area contributed by atoms with Gasteiger partial charge >= 0.3 is 0 Å². The third kappa shape index (κ3) is 3.79. The van der Waals surface area contributed by atoms with E-state index in [0.717, 1.165) is 34.4 Å². The third-order valence-electron chi connectivity index (χ3n) is 5.95. The highest BCUT2D eigenvalue weighted by atomic mass is 32.1. The maximum absolute atomic E-state index is 5.34. The monoisotopic (exact) mass is 403 g/mol. The van der Waals surface area contributed by atoms with Gasteiger partial charge in [0.05, 0.1) is 40.6 Å². The lowest BCUT2D eigenvalue weighted by atomic mass is 9.93. The predicted octanol–water partition coefficient (Wildman–Crippen LogP) is 6.19. The van der Waals surface area contributed by atoms with Gasteiger partial charge in [-0.15, -0.1) is 11.3 Å². The second-order valence-electron chi connectivity index (χ2n) is 7.79. The van der Waals surface area contributed by atoms with Crippen molar-refractivity contribution in [2.24, 2.45) is 0 Å². The maximum atomic E-state index is 5.34. The number of rotatable bonds is 5. The summed E-state index contributed by atoms with van der Waals surface area (Å²) in [5.74, 6) is 0.869. The zero-order valence-electron chi connectivity index (χ0n) is 16.7. The van der Waals surface area contributed by atoms with Crippen molar-refractivity contribution in [2.45, 2.75) is 44.7 Å². The maximum Gasteiger partial charge on any atom is 0.119 e. The smallest absolute Gasteiger partial charge is 0.119 e. The van der Waals surface area contributed by atoms with E-state index in [1.807, 2.05) is 23.7 Å². The van der Waals surface area contributed by atoms with Gasteiger partial charge in [-0.2, -0.15) is 0 Å². The number of benzene rings is 2. The molecule has 4 nitrogen and oxygen atoms in total. The minimum atomic E-state index is 0.572. The zero-order chi connectivity index (χ0) is 19.6. The summed E-state index contributed by atoms with van der Waals surface area (Å²) in [6.45, 7) is 0.830. The molecule has 29 heavy (non-hydrogen) atoms. The molecule has 0 atom stereocenters. The Labute approximate surface area is 175 Å². The van der Waals surface area contributed by atoms with Gasteiger partial charge in [-0.3, -0.25) is 4.98 Å². The molecule has 0 radical (unpaired) electrons. The summed E-state index contributed by atoms with van der Waals surface area (Å²) in [4.78, 5) is 12.0. The van der Waals surface area contributed by atoms with Gasteiger partial charge in [0.2, 0.25) is 0 Å². The average molecular weight is 404 g/mol. The molecule has 1 saturated carbocycles. The number of fused-ring (bicyclic) bond motifs is 2. The Bertz CT molecular complexity index is 1130. The molecule has 0 spiro atoms. The van der Waals surface area contributed by atoms with Crippen LogP contribution in [0, 0.1) is 0 Å². The molecule has 1 aliphatic carbocycles. The minimum Gasteiger partial charge on any atom is -0.497 e. The number of aromatic nitrogens is 2. The van der Waals surface area contributed by atoms with Gasteiger partial charge < -0.3 is 9.64 Å². The van der Waals surface area contributed by atoms with E-state index in [0.29, 0.717) is 6.04 Å². The second-order valence-corrected chi connectivity index (χ2v) is 8.67. The Hall–Kier alpha value is -2.66. The van der Waals surface area contributed by atoms with Gasteiger partial charge in [-0.1, -0.05) is 25.3 Å². The second kappa shape index (κ2) is 7.99. The number of anilines is 1. The van der Waals surface area contributed by atoms with Crippen molar-refractivity contribution in [3.63, 3.8) is 0 Å². The highest BCUT2D eigenvalue weighted by Crippen LogP contribution is 2.32. The number of hydrogen-bond donors (Lipinski definition) is 0. The van der Waals surface area contributed by atoms with Crippen molar-refractivity contribution in [1.29, 1.82) is 0 Å². The quantitative estimate of drug-likeness (QED) is 0.398. The fourth-order valence-electron chi connectivity index (χ4n) is 4.38. The lowest BCUT2D eigenvalue weighted by molar-refractivity contribution is 0.412. The number of nitrogens with zero attached hydrogens (tertiary/aromatic N) is 3. The Morgan fingerprint density at radius 1 is 1.00 bits per heavy atom. The highest BCUT2D eigenvalue weighted by molar-refractivity contribution is 7.16. The minimum absolute atomic E-state index is 0.572.